The van der Waals surface area contributed by atoms with Gasteiger partial charge in [0.25, 0.3) is 0 Å². The van der Waals surface area contributed by atoms with E-state index < -0.39 is 0 Å². The summed E-state index contributed by atoms with van der Waals surface area (Å²) in [5.74, 6) is 1.06. The van der Waals surface area contributed by atoms with Crippen LogP contribution in [-0.4, -0.2) is 42.1 Å². The van der Waals surface area contributed by atoms with Crippen LogP contribution in [0, 0.1) is 0 Å². The Bertz CT molecular complexity index is 284. The van der Waals surface area contributed by atoms with Crippen LogP contribution in [0.15, 0.2) is 0 Å². The fraction of sp³-hybridized carbons (Fsp3) is 1.00. The molecule has 3 fully saturated rings. The molecule has 2 aliphatic carbocycles. The molecule has 1 N–H and O–H groups in total. The quantitative estimate of drug-likeness (QED) is 0.860. The van der Waals surface area contributed by atoms with Crippen molar-refractivity contribution < 1.29 is 9.47 Å². The Morgan fingerprint density at radius 2 is 1.79 bits per heavy atom. The minimum absolute atomic E-state index is 0.200. The Labute approximate surface area is 121 Å². The second kappa shape index (κ2) is 6.33. The molecule has 110 valence electrons. The van der Waals surface area contributed by atoms with E-state index in [4.69, 9.17) is 9.47 Å². The molecule has 1 saturated heterocycles. The molecule has 1 aliphatic heterocycles. The summed E-state index contributed by atoms with van der Waals surface area (Å²) in [6.45, 7) is 3.85. The first-order valence-corrected chi connectivity index (χ1v) is 9.00. The molecule has 0 radical (unpaired) electrons. The topological polar surface area (TPSA) is 30.5 Å². The second-order valence-electron chi connectivity index (χ2n) is 6.14. The molecule has 19 heavy (non-hydrogen) atoms. The molecule has 0 bridgehead atoms. The van der Waals surface area contributed by atoms with Gasteiger partial charge in [-0.3, -0.25) is 0 Å². The zero-order valence-corrected chi connectivity index (χ0v) is 12.8. The summed E-state index contributed by atoms with van der Waals surface area (Å²) in [5, 5.41) is 4.79. The van der Waals surface area contributed by atoms with Crippen LogP contribution in [0.1, 0.15) is 51.9 Å². The van der Waals surface area contributed by atoms with Crippen molar-refractivity contribution in [1.29, 1.82) is 0 Å². The molecule has 4 heteroatoms. The zero-order valence-electron chi connectivity index (χ0n) is 12.0. The van der Waals surface area contributed by atoms with Gasteiger partial charge in [0, 0.05) is 30.2 Å². The predicted molar refractivity (Wildman–Crippen MR) is 79.6 cm³/mol. The molecule has 3 rings (SSSR count). The predicted octanol–water partition coefficient (Wildman–Crippen LogP) is 2.94. The van der Waals surface area contributed by atoms with Gasteiger partial charge in [-0.1, -0.05) is 6.92 Å². The lowest BCUT2D eigenvalue weighted by Crippen LogP contribution is -2.45. The van der Waals surface area contributed by atoms with Crippen molar-refractivity contribution in [3.05, 3.63) is 0 Å². The first-order valence-electron chi connectivity index (χ1n) is 7.95. The van der Waals surface area contributed by atoms with Crippen LogP contribution in [0.3, 0.4) is 0 Å². The first kappa shape index (κ1) is 14.2. The minimum atomic E-state index is -0.200. The summed E-state index contributed by atoms with van der Waals surface area (Å²) in [5.41, 5.74) is 0. The summed E-state index contributed by atoms with van der Waals surface area (Å²) in [4.78, 5) is 0. The number of thioether (sulfide) groups is 1. The van der Waals surface area contributed by atoms with Crippen molar-refractivity contribution in [3.63, 3.8) is 0 Å². The van der Waals surface area contributed by atoms with E-state index >= 15 is 0 Å². The van der Waals surface area contributed by atoms with E-state index in [2.05, 4.69) is 24.0 Å². The van der Waals surface area contributed by atoms with Gasteiger partial charge in [0.1, 0.15) is 0 Å². The van der Waals surface area contributed by atoms with Gasteiger partial charge in [0.15, 0.2) is 5.79 Å². The summed E-state index contributed by atoms with van der Waals surface area (Å²) < 4.78 is 11.6. The summed E-state index contributed by atoms with van der Waals surface area (Å²) >= 11 is 2.14. The van der Waals surface area contributed by atoms with Crippen molar-refractivity contribution in [2.75, 3.05) is 19.0 Å². The Kier molecular flexibility index (Phi) is 4.73. The Morgan fingerprint density at radius 1 is 1.05 bits per heavy atom. The number of rotatable bonds is 4. The second-order valence-corrected chi connectivity index (χ2v) is 7.71. The number of ether oxygens (including phenoxy) is 2. The monoisotopic (exact) mass is 285 g/mol. The standard InChI is InChI=1S/C15H27NO2S/c1-2-19-14-4-3-13(11-14)16-12-5-7-15(8-6-12)17-9-10-18-15/h12-14,16H,2-11H2,1H3. The minimum Gasteiger partial charge on any atom is -0.348 e. The third kappa shape index (κ3) is 3.46. The van der Waals surface area contributed by atoms with Gasteiger partial charge < -0.3 is 14.8 Å². The van der Waals surface area contributed by atoms with E-state index in [9.17, 15) is 0 Å². The van der Waals surface area contributed by atoms with Crippen LogP contribution in [0.4, 0.5) is 0 Å². The molecule has 2 atom stereocenters. The number of hydrogen-bond acceptors (Lipinski definition) is 4. The molecular weight excluding hydrogens is 258 g/mol. The molecule has 3 nitrogen and oxygen atoms in total. The van der Waals surface area contributed by atoms with E-state index in [0.29, 0.717) is 6.04 Å². The van der Waals surface area contributed by atoms with Crippen LogP contribution < -0.4 is 5.32 Å². The fourth-order valence-corrected chi connectivity index (χ4v) is 4.96. The van der Waals surface area contributed by atoms with E-state index in [-0.39, 0.29) is 5.79 Å². The largest absolute Gasteiger partial charge is 0.348 e. The van der Waals surface area contributed by atoms with Crippen LogP contribution in [-0.2, 0) is 9.47 Å². The molecule has 1 heterocycles. The lowest BCUT2D eigenvalue weighted by molar-refractivity contribution is -0.179. The Hall–Kier alpha value is 0.230. The van der Waals surface area contributed by atoms with E-state index in [1.54, 1.807) is 0 Å². The summed E-state index contributed by atoms with van der Waals surface area (Å²) in [6.07, 6.45) is 8.71. The maximum Gasteiger partial charge on any atom is 0.168 e. The zero-order chi connectivity index (χ0) is 13.1. The third-order valence-electron chi connectivity index (χ3n) is 4.82. The van der Waals surface area contributed by atoms with E-state index in [1.165, 1.54) is 37.9 Å². The van der Waals surface area contributed by atoms with Crippen LogP contribution in [0.5, 0.6) is 0 Å². The Balaban J connectivity index is 1.40. The van der Waals surface area contributed by atoms with Crippen molar-refractivity contribution in [2.24, 2.45) is 0 Å². The fourth-order valence-electron chi connectivity index (χ4n) is 3.82. The molecule has 3 aliphatic rings. The smallest absolute Gasteiger partial charge is 0.168 e. The molecule has 0 aromatic carbocycles. The highest BCUT2D eigenvalue weighted by atomic mass is 32.2. The maximum atomic E-state index is 5.80. The van der Waals surface area contributed by atoms with Gasteiger partial charge in [-0.15, -0.1) is 0 Å². The van der Waals surface area contributed by atoms with Crippen LogP contribution in [0.2, 0.25) is 0 Å². The molecule has 0 aromatic rings. The lowest BCUT2D eigenvalue weighted by Gasteiger charge is -2.36. The molecular formula is C15H27NO2S. The maximum absolute atomic E-state index is 5.80. The van der Waals surface area contributed by atoms with Crippen LogP contribution >= 0.6 is 11.8 Å². The summed E-state index contributed by atoms with van der Waals surface area (Å²) in [6, 6.07) is 1.45. The van der Waals surface area contributed by atoms with E-state index in [0.717, 1.165) is 37.3 Å². The highest BCUT2D eigenvalue weighted by Crippen LogP contribution is 2.37. The average molecular weight is 285 g/mol. The van der Waals surface area contributed by atoms with Gasteiger partial charge in [-0.05, 0) is 37.9 Å². The highest BCUT2D eigenvalue weighted by Gasteiger charge is 2.40. The van der Waals surface area contributed by atoms with Gasteiger partial charge in [0.05, 0.1) is 13.2 Å². The van der Waals surface area contributed by atoms with Crippen molar-refractivity contribution in [3.8, 4) is 0 Å². The number of nitrogens with one attached hydrogen (secondary N) is 1. The van der Waals surface area contributed by atoms with Crippen molar-refractivity contribution in [1.82, 2.24) is 5.32 Å². The Morgan fingerprint density at radius 3 is 2.47 bits per heavy atom. The molecule has 1 spiro atoms. The van der Waals surface area contributed by atoms with Gasteiger partial charge in [0.2, 0.25) is 0 Å². The average Bonchev–Trinajstić information content (AvgIpc) is 3.04. The third-order valence-corrected chi connectivity index (χ3v) is 6.05. The molecule has 0 amide bonds. The van der Waals surface area contributed by atoms with Gasteiger partial charge in [-0.25, -0.2) is 0 Å². The van der Waals surface area contributed by atoms with Gasteiger partial charge in [-0.2, -0.15) is 11.8 Å². The molecule has 0 aromatic heterocycles. The summed E-state index contributed by atoms with van der Waals surface area (Å²) in [7, 11) is 0. The molecule has 2 unspecified atom stereocenters. The van der Waals surface area contributed by atoms with Crippen LogP contribution in [0.25, 0.3) is 0 Å². The van der Waals surface area contributed by atoms with Gasteiger partial charge >= 0.3 is 0 Å². The molecule has 2 saturated carbocycles. The van der Waals surface area contributed by atoms with E-state index in [1.807, 2.05) is 0 Å². The first-order chi connectivity index (χ1) is 9.30. The normalized spacial score (nSPS) is 35.2. The van der Waals surface area contributed by atoms with Crippen molar-refractivity contribution >= 4 is 11.8 Å². The number of hydrogen-bond donors (Lipinski definition) is 1. The lowest BCUT2D eigenvalue weighted by atomic mass is 9.89. The van der Waals surface area contributed by atoms with Crippen molar-refractivity contribution in [2.45, 2.75) is 75.0 Å². The SMILES string of the molecule is CCSC1CCC(NC2CCC3(CC2)OCCO3)C1. The highest BCUT2D eigenvalue weighted by molar-refractivity contribution is 7.99.